The molecular weight excluding hydrogens is 176 g/mol. The van der Waals surface area contributed by atoms with Crippen molar-refractivity contribution < 1.29 is 4.42 Å². The second-order valence-electron chi connectivity index (χ2n) is 3.46. The molecule has 0 fully saturated rings. The Morgan fingerprint density at radius 1 is 1.21 bits per heavy atom. The summed E-state index contributed by atoms with van der Waals surface area (Å²) in [4.78, 5) is 8.37. The summed E-state index contributed by atoms with van der Waals surface area (Å²) < 4.78 is 5.22. The highest BCUT2D eigenvalue weighted by atomic mass is 16.3. The molecule has 0 aliphatic heterocycles. The molecule has 0 amide bonds. The molecule has 2 heterocycles. The van der Waals surface area contributed by atoms with Crippen LogP contribution in [-0.2, 0) is 0 Å². The lowest BCUT2D eigenvalue weighted by atomic mass is 10.1. The van der Waals surface area contributed by atoms with E-state index in [1.807, 2.05) is 12.1 Å². The Balaban J connectivity index is 2.41. The van der Waals surface area contributed by atoms with Gasteiger partial charge in [-0.25, -0.2) is 4.98 Å². The molecule has 2 aromatic rings. The number of oxazole rings is 1. The summed E-state index contributed by atoms with van der Waals surface area (Å²) in [5, 5.41) is 0. The highest BCUT2D eigenvalue weighted by molar-refractivity contribution is 5.52. The van der Waals surface area contributed by atoms with Crippen LogP contribution in [0.4, 0.5) is 0 Å². The van der Waals surface area contributed by atoms with Gasteiger partial charge in [0, 0.05) is 17.5 Å². The van der Waals surface area contributed by atoms with Crippen molar-refractivity contribution in [2.75, 3.05) is 0 Å². The number of nitrogens with zero attached hydrogens (tertiary/aromatic N) is 2. The summed E-state index contributed by atoms with van der Waals surface area (Å²) in [5.41, 5.74) is 2.04. The van der Waals surface area contributed by atoms with Gasteiger partial charge in [-0.05, 0) is 18.1 Å². The molecular formula is C11H12N2O. The third-order valence-electron chi connectivity index (χ3n) is 2.05. The minimum atomic E-state index is 0.421. The molecule has 0 aromatic carbocycles. The van der Waals surface area contributed by atoms with Gasteiger partial charge >= 0.3 is 0 Å². The van der Waals surface area contributed by atoms with E-state index in [9.17, 15) is 0 Å². The van der Waals surface area contributed by atoms with Gasteiger partial charge in [0.25, 0.3) is 0 Å². The van der Waals surface area contributed by atoms with E-state index in [2.05, 4.69) is 23.8 Å². The lowest BCUT2D eigenvalue weighted by Crippen LogP contribution is -1.92. The van der Waals surface area contributed by atoms with E-state index in [4.69, 9.17) is 4.42 Å². The van der Waals surface area contributed by atoms with Gasteiger partial charge in [-0.1, -0.05) is 13.8 Å². The molecule has 72 valence electrons. The highest BCUT2D eigenvalue weighted by Crippen LogP contribution is 2.20. The molecule has 14 heavy (non-hydrogen) atoms. The standard InChI is InChI=1S/C11H12N2O/c1-8(2)10-7-9(3-4-12-10)11-13-5-6-14-11/h3-8H,1-2H3. The number of pyridine rings is 1. The smallest absolute Gasteiger partial charge is 0.225 e. The van der Waals surface area contributed by atoms with E-state index in [0.717, 1.165) is 11.3 Å². The SMILES string of the molecule is CC(C)c1cc(-c2ncco2)ccn1. The topological polar surface area (TPSA) is 38.9 Å². The predicted octanol–water partition coefficient (Wildman–Crippen LogP) is 2.86. The molecule has 0 spiro atoms. The normalized spacial score (nSPS) is 10.8. The molecule has 0 radical (unpaired) electrons. The maximum absolute atomic E-state index is 5.22. The predicted molar refractivity (Wildman–Crippen MR) is 53.8 cm³/mol. The average Bonchev–Trinajstić information content (AvgIpc) is 2.71. The monoisotopic (exact) mass is 188 g/mol. The zero-order valence-electron chi connectivity index (χ0n) is 8.27. The summed E-state index contributed by atoms with van der Waals surface area (Å²) in [6.07, 6.45) is 5.00. The lowest BCUT2D eigenvalue weighted by molar-refractivity contribution is 0.574. The van der Waals surface area contributed by atoms with E-state index < -0.39 is 0 Å². The second kappa shape index (κ2) is 3.62. The van der Waals surface area contributed by atoms with Crippen molar-refractivity contribution in [1.29, 1.82) is 0 Å². The number of rotatable bonds is 2. The first-order valence-electron chi connectivity index (χ1n) is 4.63. The fourth-order valence-corrected chi connectivity index (χ4v) is 1.26. The molecule has 3 nitrogen and oxygen atoms in total. The summed E-state index contributed by atoms with van der Waals surface area (Å²) in [7, 11) is 0. The average molecular weight is 188 g/mol. The molecule has 2 rings (SSSR count). The Morgan fingerprint density at radius 3 is 2.71 bits per heavy atom. The molecule has 2 aromatic heterocycles. The van der Waals surface area contributed by atoms with Crippen LogP contribution in [0.1, 0.15) is 25.5 Å². The van der Waals surface area contributed by atoms with Crippen molar-refractivity contribution in [3.05, 3.63) is 36.5 Å². The van der Waals surface area contributed by atoms with Crippen molar-refractivity contribution in [2.24, 2.45) is 0 Å². The van der Waals surface area contributed by atoms with E-state index in [-0.39, 0.29) is 0 Å². The van der Waals surface area contributed by atoms with Crippen LogP contribution in [-0.4, -0.2) is 9.97 Å². The minimum absolute atomic E-state index is 0.421. The molecule has 0 bridgehead atoms. The van der Waals surface area contributed by atoms with Crippen LogP contribution in [0.3, 0.4) is 0 Å². The first-order valence-corrected chi connectivity index (χ1v) is 4.63. The van der Waals surface area contributed by atoms with Crippen molar-refractivity contribution >= 4 is 0 Å². The molecule has 0 unspecified atom stereocenters. The minimum Gasteiger partial charge on any atom is -0.445 e. The first-order chi connectivity index (χ1) is 6.77. The molecule has 0 aliphatic carbocycles. The Bertz CT molecular complexity index is 407. The molecule has 0 aliphatic rings. The molecule has 0 N–H and O–H groups in total. The zero-order chi connectivity index (χ0) is 9.97. The number of hydrogen-bond donors (Lipinski definition) is 0. The third-order valence-corrected chi connectivity index (χ3v) is 2.05. The van der Waals surface area contributed by atoms with E-state index in [1.54, 1.807) is 18.7 Å². The molecule has 3 heteroatoms. The van der Waals surface area contributed by atoms with Crippen LogP contribution >= 0.6 is 0 Å². The lowest BCUT2D eigenvalue weighted by Gasteiger charge is -2.04. The molecule has 0 saturated heterocycles. The maximum Gasteiger partial charge on any atom is 0.225 e. The Morgan fingerprint density at radius 2 is 2.07 bits per heavy atom. The fourth-order valence-electron chi connectivity index (χ4n) is 1.26. The summed E-state index contributed by atoms with van der Waals surface area (Å²) in [6.45, 7) is 4.23. The number of hydrogen-bond acceptors (Lipinski definition) is 3. The highest BCUT2D eigenvalue weighted by Gasteiger charge is 2.05. The van der Waals surface area contributed by atoms with Crippen LogP contribution in [0, 0.1) is 0 Å². The summed E-state index contributed by atoms with van der Waals surface area (Å²) in [6, 6.07) is 3.91. The van der Waals surface area contributed by atoms with E-state index in [0.29, 0.717) is 11.8 Å². The Labute approximate surface area is 82.8 Å². The van der Waals surface area contributed by atoms with Crippen molar-refractivity contribution in [2.45, 2.75) is 19.8 Å². The van der Waals surface area contributed by atoms with Gasteiger partial charge in [0.05, 0.1) is 6.20 Å². The quantitative estimate of drug-likeness (QED) is 0.727. The Kier molecular flexibility index (Phi) is 2.31. The van der Waals surface area contributed by atoms with Gasteiger partial charge in [-0.2, -0.15) is 0 Å². The summed E-state index contributed by atoms with van der Waals surface area (Å²) in [5.74, 6) is 1.07. The van der Waals surface area contributed by atoms with Crippen LogP contribution < -0.4 is 0 Å². The molecule has 0 saturated carbocycles. The maximum atomic E-state index is 5.22. The fraction of sp³-hybridized carbons (Fsp3) is 0.273. The largest absolute Gasteiger partial charge is 0.445 e. The van der Waals surface area contributed by atoms with Crippen molar-refractivity contribution in [3.63, 3.8) is 0 Å². The van der Waals surface area contributed by atoms with Gasteiger partial charge in [-0.3, -0.25) is 4.98 Å². The zero-order valence-corrected chi connectivity index (χ0v) is 8.27. The first kappa shape index (κ1) is 8.94. The van der Waals surface area contributed by atoms with Gasteiger partial charge < -0.3 is 4.42 Å². The second-order valence-corrected chi connectivity index (χ2v) is 3.46. The summed E-state index contributed by atoms with van der Waals surface area (Å²) >= 11 is 0. The van der Waals surface area contributed by atoms with Gasteiger partial charge in [0.2, 0.25) is 5.89 Å². The van der Waals surface area contributed by atoms with Crippen molar-refractivity contribution in [3.8, 4) is 11.5 Å². The van der Waals surface area contributed by atoms with Crippen LogP contribution in [0.15, 0.2) is 35.2 Å². The van der Waals surface area contributed by atoms with Gasteiger partial charge in [0.15, 0.2) is 0 Å². The number of aromatic nitrogens is 2. The van der Waals surface area contributed by atoms with Crippen molar-refractivity contribution in [1.82, 2.24) is 9.97 Å². The van der Waals surface area contributed by atoms with Crippen LogP contribution in [0.5, 0.6) is 0 Å². The van der Waals surface area contributed by atoms with E-state index in [1.165, 1.54) is 0 Å². The third kappa shape index (κ3) is 1.66. The van der Waals surface area contributed by atoms with Crippen LogP contribution in [0.25, 0.3) is 11.5 Å². The van der Waals surface area contributed by atoms with Gasteiger partial charge in [-0.15, -0.1) is 0 Å². The van der Waals surface area contributed by atoms with Crippen LogP contribution in [0.2, 0.25) is 0 Å². The van der Waals surface area contributed by atoms with E-state index >= 15 is 0 Å². The van der Waals surface area contributed by atoms with Gasteiger partial charge in [0.1, 0.15) is 6.26 Å². The Hall–Kier alpha value is -1.64. The molecule has 0 atom stereocenters.